The van der Waals surface area contributed by atoms with Gasteiger partial charge in [-0.3, -0.25) is 19.6 Å². The number of amides is 1. The first-order valence-electron chi connectivity index (χ1n) is 7.10. The van der Waals surface area contributed by atoms with Gasteiger partial charge >= 0.3 is 6.18 Å². The van der Waals surface area contributed by atoms with Gasteiger partial charge in [0.05, 0.1) is 4.92 Å². The van der Waals surface area contributed by atoms with E-state index >= 15 is 0 Å². The number of nitro benzene ring substituents is 1. The number of nitrogens with zero attached hydrogens (tertiary/aromatic N) is 3. The van der Waals surface area contributed by atoms with Crippen LogP contribution in [0.1, 0.15) is 23.0 Å². The largest absolute Gasteiger partial charge is 0.436 e. The van der Waals surface area contributed by atoms with Crippen molar-refractivity contribution in [2.75, 3.05) is 6.54 Å². The maximum Gasteiger partial charge on any atom is 0.434 e. The third-order valence-electron chi connectivity index (χ3n) is 3.19. The molecule has 1 N–H and O–H groups in total. The molecule has 0 unspecified atom stereocenters. The minimum absolute atomic E-state index is 0.134. The number of aromatic nitrogens is 2. The number of aryl methyl sites for hydroxylation is 1. The second-order valence-electron chi connectivity index (χ2n) is 4.99. The van der Waals surface area contributed by atoms with Crippen LogP contribution in [-0.2, 0) is 13.2 Å². The lowest BCUT2D eigenvalue weighted by Gasteiger charge is -2.07. The minimum atomic E-state index is -4.75. The number of hydrogen-bond acceptors (Lipinski definition) is 5. The molecule has 0 radical (unpaired) electrons. The summed E-state index contributed by atoms with van der Waals surface area (Å²) in [5, 5.41) is 16.2. The van der Waals surface area contributed by atoms with Gasteiger partial charge in [0.1, 0.15) is 16.3 Å². The number of nitrogens with one attached hydrogen (secondary N) is 1. The van der Waals surface area contributed by atoms with E-state index < -0.39 is 39.3 Å². The van der Waals surface area contributed by atoms with E-state index in [1.165, 1.54) is 0 Å². The third-order valence-corrected chi connectivity index (χ3v) is 3.53. The van der Waals surface area contributed by atoms with Crippen LogP contribution in [0.25, 0.3) is 0 Å². The maximum absolute atomic E-state index is 12.9. The van der Waals surface area contributed by atoms with E-state index in [9.17, 15) is 28.1 Å². The van der Waals surface area contributed by atoms with Gasteiger partial charge in [-0.25, -0.2) is 0 Å². The summed E-state index contributed by atoms with van der Waals surface area (Å²) in [6.45, 7) is 1.85. The lowest BCUT2D eigenvalue weighted by molar-refractivity contribution is -0.385. The number of hydrogen-bond donors (Lipinski definition) is 1. The zero-order valence-corrected chi connectivity index (χ0v) is 14.2. The highest BCUT2D eigenvalue weighted by atomic mass is 35.5. The van der Waals surface area contributed by atoms with Crippen LogP contribution in [0.3, 0.4) is 0 Å². The minimum Gasteiger partial charge on any atom is -0.436 e. The Bertz CT molecular complexity index is 867. The van der Waals surface area contributed by atoms with Crippen LogP contribution in [0.5, 0.6) is 11.6 Å². The molecule has 0 saturated carbocycles. The van der Waals surface area contributed by atoms with E-state index in [4.69, 9.17) is 16.3 Å². The highest BCUT2D eigenvalue weighted by molar-refractivity contribution is 6.32. The van der Waals surface area contributed by atoms with Crippen LogP contribution in [0.15, 0.2) is 18.2 Å². The standard InChI is InChI=1S/C14H12ClF3N4O4/c1-3-19-12(23)8-6-7(4-5-9(8)22(24)25)26-13-10(15)11(14(16,17)18)21(2)20-13/h4-6H,3H2,1-2H3,(H,19,23). The Balaban J connectivity index is 2.44. The smallest absolute Gasteiger partial charge is 0.434 e. The number of rotatable bonds is 5. The van der Waals surface area contributed by atoms with Gasteiger partial charge in [-0.2, -0.15) is 13.2 Å². The van der Waals surface area contributed by atoms with E-state index in [1.54, 1.807) is 6.92 Å². The van der Waals surface area contributed by atoms with Gasteiger partial charge in [-0.15, -0.1) is 5.10 Å². The molecule has 1 aromatic carbocycles. The van der Waals surface area contributed by atoms with E-state index in [2.05, 4.69) is 10.4 Å². The average molecular weight is 393 g/mol. The number of ether oxygens (including phenoxy) is 1. The number of halogens is 4. The molecule has 12 heteroatoms. The highest BCUT2D eigenvalue weighted by Crippen LogP contribution is 2.40. The molecular weight excluding hydrogens is 381 g/mol. The van der Waals surface area contributed by atoms with Crippen LogP contribution < -0.4 is 10.1 Å². The molecule has 0 fully saturated rings. The molecule has 2 rings (SSSR count). The van der Waals surface area contributed by atoms with Gasteiger partial charge in [0.25, 0.3) is 17.5 Å². The molecule has 0 aliphatic carbocycles. The quantitative estimate of drug-likeness (QED) is 0.619. The number of carbonyl (C=O) groups excluding carboxylic acids is 1. The summed E-state index contributed by atoms with van der Waals surface area (Å²) in [6, 6.07) is 3.15. The van der Waals surface area contributed by atoms with Crippen molar-refractivity contribution in [1.82, 2.24) is 15.1 Å². The molecule has 26 heavy (non-hydrogen) atoms. The van der Waals surface area contributed by atoms with Crippen LogP contribution in [0.4, 0.5) is 18.9 Å². The lowest BCUT2D eigenvalue weighted by Crippen LogP contribution is -2.23. The Morgan fingerprint density at radius 2 is 2.12 bits per heavy atom. The molecule has 140 valence electrons. The molecule has 1 amide bonds. The monoisotopic (exact) mass is 392 g/mol. The summed E-state index contributed by atoms with van der Waals surface area (Å²) < 4.78 is 44.5. The first-order valence-corrected chi connectivity index (χ1v) is 7.48. The van der Waals surface area contributed by atoms with Gasteiger partial charge in [-0.05, 0) is 13.0 Å². The predicted octanol–water partition coefficient (Wildman–Crippen LogP) is 3.54. The Hall–Kier alpha value is -2.82. The van der Waals surface area contributed by atoms with Crippen molar-refractivity contribution in [1.29, 1.82) is 0 Å². The summed E-state index contributed by atoms with van der Waals surface area (Å²) in [6.07, 6.45) is -4.75. The topological polar surface area (TPSA) is 99.3 Å². The Kier molecular flexibility index (Phi) is 5.40. The first kappa shape index (κ1) is 19.5. The fourth-order valence-corrected chi connectivity index (χ4v) is 2.44. The van der Waals surface area contributed by atoms with Crippen molar-refractivity contribution < 1.29 is 27.6 Å². The predicted molar refractivity (Wildman–Crippen MR) is 84.4 cm³/mol. The summed E-state index contributed by atoms with van der Waals surface area (Å²) >= 11 is 5.68. The van der Waals surface area contributed by atoms with Crippen molar-refractivity contribution in [2.24, 2.45) is 7.05 Å². The molecule has 8 nitrogen and oxygen atoms in total. The molecule has 0 aliphatic heterocycles. The van der Waals surface area contributed by atoms with Gasteiger partial charge in [-0.1, -0.05) is 11.6 Å². The average Bonchev–Trinajstić information content (AvgIpc) is 2.81. The molecule has 1 aromatic heterocycles. The van der Waals surface area contributed by atoms with Crippen molar-refractivity contribution in [2.45, 2.75) is 13.1 Å². The van der Waals surface area contributed by atoms with E-state index in [0.29, 0.717) is 4.68 Å². The molecule has 2 aromatic rings. The number of benzene rings is 1. The lowest BCUT2D eigenvalue weighted by atomic mass is 10.1. The van der Waals surface area contributed by atoms with E-state index in [1.807, 2.05) is 0 Å². The van der Waals surface area contributed by atoms with Gasteiger partial charge in [0.15, 0.2) is 5.69 Å². The van der Waals surface area contributed by atoms with Crippen LogP contribution in [0, 0.1) is 10.1 Å². The molecule has 0 atom stereocenters. The van der Waals surface area contributed by atoms with Crippen LogP contribution >= 0.6 is 11.6 Å². The third kappa shape index (κ3) is 3.87. The molecule has 0 aliphatic rings. The van der Waals surface area contributed by atoms with Crippen molar-refractivity contribution >= 4 is 23.2 Å². The Morgan fingerprint density at radius 3 is 2.62 bits per heavy atom. The molecule has 0 saturated heterocycles. The van der Waals surface area contributed by atoms with Crippen molar-refractivity contribution in [3.8, 4) is 11.6 Å². The zero-order chi connectivity index (χ0) is 19.6. The summed E-state index contributed by atoms with van der Waals surface area (Å²) in [7, 11) is 1.04. The maximum atomic E-state index is 12.9. The number of nitro groups is 1. The molecule has 0 spiro atoms. The normalized spacial score (nSPS) is 11.3. The molecular formula is C14H12ClF3N4O4. The van der Waals surface area contributed by atoms with Crippen molar-refractivity contribution in [3.63, 3.8) is 0 Å². The summed E-state index contributed by atoms with van der Waals surface area (Å²) in [4.78, 5) is 22.2. The second kappa shape index (κ2) is 7.20. The highest BCUT2D eigenvalue weighted by Gasteiger charge is 2.39. The Morgan fingerprint density at radius 1 is 1.46 bits per heavy atom. The fourth-order valence-electron chi connectivity index (χ4n) is 2.13. The first-order chi connectivity index (χ1) is 12.1. The molecule has 0 bridgehead atoms. The molecule has 1 heterocycles. The van der Waals surface area contributed by atoms with Crippen LogP contribution in [0.2, 0.25) is 5.02 Å². The summed E-state index contributed by atoms with van der Waals surface area (Å²) in [5.74, 6) is -1.41. The zero-order valence-electron chi connectivity index (χ0n) is 13.4. The summed E-state index contributed by atoms with van der Waals surface area (Å²) in [5.41, 5.74) is -2.00. The number of carbonyl (C=O) groups is 1. The fraction of sp³-hybridized carbons (Fsp3) is 0.286. The van der Waals surface area contributed by atoms with Gasteiger partial charge in [0, 0.05) is 25.7 Å². The van der Waals surface area contributed by atoms with Crippen molar-refractivity contribution in [3.05, 3.63) is 44.6 Å². The van der Waals surface area contributed by atoms with E-state index in [-0.39, 0.29) is 17.9 Å². The number of alkyl halides is 3. The van der Waals surface area contributed by atoms with Gasteiger partial charge < -0.3 is 10.1 Å². The van der Waals surface area contributed by atoms with Crippen LogP contribution in [-0.4, -0.2) is 27.2 Å². The Labute approximate surface area is 149 Å². The van der Waals surface area contributed by atoms with Gasteiger partial charge in [0.2, 0.25) is 0 Å². The SMILES string of the molecule is CCNC(=O)c1cc(Oc2nn(C)c(C(F)(F)F)c2Cl)ccc1[N+](=O)[O-]. The van der Waals surface area contributed by atoms with E-state index in [0.717, 1.165) is 25.2 Å². The second-order valence-corrected chi connectivity index (χ2v) is 5.36.